The zero-order valence-corrected chi connectivity index (χ0v) is 20.2. The van der Waals surface area contributed by atoms with Gasteiger partial charge in [-0.15, -0.1) is 0 Å². The van der Waals surface area contributed by atoms with E-state index in [4.69, 9.17) is 27.9 Å². The predicted octanol–water partition coefficient (Wildman–Crippen LogP) is 5.38. The van der Waals surface area contributed by atoms with Crippen molar-refractivity contribution in [3.63, 3.8) is 0 Å². The second kappa shape index (κ2) is 10.1. The van der Waals surface area contributed by atoms with Gasteiger partial charge < -0.3 is 15.0 Å². The van der Waals surface area contributed by atoms with Crippen LogP contribution in [0.1, 0.15) is 49.7 Å². The van der Waals surface area contributed by atoms with Gasteiger partial charge in [0.1, 0.15) is 5.60 Å². The van der Waals surface area contributed by atoms with Crippen LogP contribution in [0.2, 0.25) is 10.0 Å². The van der Waals surface area contributed by atoms with E-state index >= 15 is 0 Å². The lowest BCUT2D eigenvalue weighted by Crippen LogP contribution is -2.50. The van der Waals surface area contributed by atoms with Crippen molar-refractivity contribution in [2.45, 2.75) is 45.6 Å². The molecule has 0 saturated carbocycles. The Hall–Kier alpha value is -2.31. The number of rotatable bonds is 5. The van der Waals surface area contributed by atoms with Crippen LogP contribution in [0.15, 0.2) is 42.6 Å². The van der Waals surface area contributed by atoms with E-state index in [-0.39, 0.29) is 17.4 Å². The molecule has 6 nitrogen and oxygen atoms in total. The van der Waals surface area contributed by atoms with Gasteiger partial charge in [-0.2, -0.15) is 0 Å². The number of ether oxygens (including phenoxy) is 1. The molecule has 2 aromatic rings. The van der Waals surface area contributed by atoms with Crippen molar-refractivity contribution < 1.29 is 14.3 Å². The molecule has 1 saturated heterocycles. The second-order valence-electron chi connectivity index (χ2n) is 9.27. The molecule has 0 radical (unpaired) electrons. The first-order chi connectivity index (χ1) is 15.1. The van der Waals surface area contributed by atoms with Gasteiger partial charge in [-0.05, 0) is 75.8 Å². The van der Waals surface area contributed by atoms with Crippen LogP contribution in [0.4, 0.5) is 4.79 Å². The Bertz CT molecular complexity index is 953. The number of hydrogen-bond acceptors (Lipinski definition) is 4. The molecule has 172 valence electrons. The maximum atomic E-state index is 12.8. The lowest BCUT2D eigenvalue weighted by molar-refractivity contribution is 0.00977. The van der Waals surface area contributed by atoms with E-state index in [9.17, 15) is 9.59 Å². The van der Waals surface area contributed by atoms with Gasteiger partial charge in [-0.1, -0.05) is 29.3 Å². The third kappa shape index (κ3) is 6.59. The fourth-order valence-corrected chi connectivity index (χ4v) is 4.32. The normalized spacial score (nSPS) is 15.8. The number of benzene rings is 1. The van der Waals surface area contributed by atoms with Crippen molar-refractivity contribution in [3.05, 3.63) is 63.9 Å². The third-order valence-corrected chi connectivity index (χ3v) is 6.11. The van der Waals surface area contributed by atoms with Crippen molar-refractivity contribution in [3.8, 4) is 0 Å². The molecule has 1 fully saturated rings. The average molecular weight is 478 g/mol. The monoisotopic (exact) mass is 477 g/mol. The molecule has 0 aliphatic carbocycles. The predicted molar refractivity (Wildman–Crippen MR) is 126 cm³/mol. The van der Waals surface area contributed by atoms with Gasteiger partial charge >= 0.3 is 6.09 Å². The van der Waals surface area contributed by atoms with Crippen LogP contribution in [0.5, 0.6) is 0 Å². The van der Waals surface area contributed by atoms with Crippen LogP contribution in [-0.4, -0.2) is 47.1 Å². The topological polar surface area (TPSA) is 71.5 Å². The lowest BCUT2D eigenvalue weighted by Gasteiger charge is -2.42. The minimum Gasteiger partial charge on any atom is -0.444 e. The first-order valence-corrected chi connectivity index (χ1v) is 11.4. The minimum atomic E-state index is -0.536. The molecule has 1 aromatic carbocycles. The zero-order chi connectivity index (χ0) is 23.4. The van der Waals surface area contributed by atoms with Crippen LogP contribution in [-0.2, 0) is 11.2 Å². The van der Waals surface area contributed by atoms with Crippen molar-refractivity contribution >= 4 is 35.2 Å². The SMILES string of the molecule is CC(C)(C)OC(=O)N1CCC(CNC(=O)c2ccc(Cl)cc2Cl)(Cc2ccccn2)CC1. The van der Waals surface area contributed by atoms with Crippen molar-refractivity contribution in [1.82, 2.24) is 15.2 Å². The Morgan fingerprint density at radius 1 is 1.16 bits per heavy atom. The highest BCUT2D eigenvalue weighted by Crippen LogP contribution is 2.35. The zero-order valence-electron chi connectivity index (χ0n) is 18.7. The number of carbonyl (C=O) groups excluding carboxylic acids is 2. The van der Waals surface area contributed by atoms with E-state index in [0.717, 1.165) is 18.5 Å². The summed E-state index contributed by atoms with van der Waals surface area (Å²) in [7, 11) is 0. The second-order valence-corrected chi connectivity index (χ2v) is 10.1. The van der Waals surface area contributed by atoms with Gasteiger partial charge in [-0.25, -0.2) is 4.79 Å². The summed E-state index contributed by atoms with van der Waals surface area (Å²) in [5, 5.41) is 3.84. The van der Waals surface area contributed by atoms with Crippen LogP contribution >= 0.6 is 23.2 Å². The van der Waals surface area contributed by atoms with E-state index in [1.807, 2.05) is 39.0 Å². The summed E-state index contributed by atoms with van der Waals surface area (Å²) in [6.07, 6.45) is 3.60. The fourth-order valence-electron chi connectivity index (χ4n) is 3.83. The van der Waals surface area contributed by atoms with Gasteiger partial charge in [0.2, 0.25) is 0 Å². The van der Waals surface area contributed by atoms with Crippen LogP contribution < -0.4 is 5.32 Å². The summed E-state index contributed by atoms with van der Waals surface area (Å²) in [5.41, 5.74) is 0.569. The fraction of sp³-hybridized carbons (Fsp3) is 0.458. The number of amides is 2. The number of likely N-dealkylation sites (tertiary alicyclic amines) is 1. The number of piperidine rings is 1. The van der Waals surface area contributed by atoms with Crippen molar-refractivity contribution in [2.75, 3.05) is 19.6 Å². The van der Waals surface area contributed by atoms with Crippen molar-refractivity contribution in [2.24, 2.45) is 5.41 Å². The Morgan fingerprint density at radius 2 is 1.88 bits per heavy atom. The molecule has 1 aliphatic heterocycles. The molecular formula is C24H29Cl2N3O3. The molecule has 0 atom stereocenters. The number of nitrogens with one attached hydrogen (secondary N) is 1. The highest BCUT2D eigenvalue weighted by Gasteiger charge is 2.38. The Kier molecular flexibility index (Phi) is 7.67. The summed E-state index contributed by atoms with van der Waals surface area (Å²) in [6.45, 7) is 7.13. The number of pyridine rings is 1. The largest absolute Gasteiger partial charge is 0.444 e. The maximum absolute atomic E-state index is 12.8. The first-order valence-electron chi connectivity index (χ1n) is 10.7. The molecule has 0 spiro atoms. The molecular weight excluding hydrogens is 449 g/mol. The lowest BCUT2D eigenvalue weighted by atomic mass is 9.74. The molecule has 8 heteroatoms. The number of nitrogens with zero attached hydrogens (tertiary/aromatic N) is 2. The van der Waals surface area contributed by atoms with Gasteiger partial charge in [0.05, 0.1) is 10.6 Å². The molecule has 3 rings (SSSR count). The standard InChI is InChI=1S/C24H29Cl2N3O3/c1-23(2,3)32-22(31)29-12-9-24(10-13-29,15-18-6-4-5-11-27-18)16-28-21(30)19-8-7-17(25)14-20(19)26/h4-8,11,14H,9-10,12-13,15-16H2,1-3H3,(H,28,30). The van der Waals surface area contributed by atoms with Gasteiger partial charge in [0, 0.05) is 36.5 Å². The highest BCUT2D eigenvalue weighted by atomic mass is 35.5. The summed E-state index contributed by atoms with van der Waals surface area (Å²) in [6, 6.07) is 10.6. The maximum Gasteiger partial charge on any atom is 0.410 e. The van der Waals surface area contributed by atoms with E-state index < -0.39 is 5.60 Å². The number of aromatic nitrogens is 1. The first kappa shape index (κ1) is 24.3. The Balaban J connectivity index is 1.71. The average Bonchev–Trinajstić information content (AvgIpc) is 2.72. The van der Waals surface area contributed by atoms with E-state index in [0.29, 0.717) is 41.7 Å². The van der Waals surface area contributed by atoms with E-state index in [2.05, 4.69) is 10.3 Å². The molecule has 1 aromatic heterocycles. The van der Waals surface area contributed by atoms with E-state index in [1.54, 1.807) is 29.3 Å². The summed E-state index contributed by atoms with van der Waals surface area (Å²) in [4.78, 5) is 31.5. The van der Waals surface area contributed by atoms with Gasteiger partial charge in [-0.3, -0.25) is 9.78 Å². The minimum absolute atomic E-state index is 0.235. The molecule has 2 heterocycles. The van der Waals surface area contributed by atoms with Crippen LogP contribution in [0, 0.1) is 5.41 Å². The summed E-state index contributed by atoms with van der Waals surface area (Å²) in [5.74, 6) is -0.248. The smallest absolute Gasteiger partial charge is 0.410 e. The number of hydrogen-bond donors (Lipinski definition) is 1. The molecule has 1 N–H and O–H groups in total. The molecule has 0 bridgehead atoms. The molecule has 0 unspecified atom stereocenters. The van der Waals surface area contributed by atoms with Crippen molar-refractivity contribution in [1.29, 1.82) is 0 Å². The van der Waals surface area contributed by atoms with Gasteiger partial charge in [0.25, 0.3) is 5.91 Å². The highest BCUT2D eigenvalue weighted by molar-refractivity contribution is 6.36. The van der Waals surface area contributed by atoms with Crippen LogP contribution in [0.25, 0.3) is 0 Å². The van der Waals surface area contributed by atoms with E-state index in [1.165, 1.54) is 0 Å². The quantitative estimate of drug-likeness (QED) is 0.627. The Labute approximate surface area is 199 Å². The molecule has 2 amide bonds. The number of carbonyl (C=O) groups is 2. The molecule has 32 heavy (non-hydrogen) atoms. The number of halogens is 2. The third-order valence-electron chi connectivity index (χ3n) is 5.56. The molecule has 1 aliphatic rings. The Morgan fingerprint density at radius 3 is 2.47 bits per heavy atom. The van der Waals surface area contributed by atoms with Gasteiger partial charge in [0.15, 0.2) is 0 Å². The van der Waals surface area contributed by atoms with Crippen LogP contribution in [0.3, 0.4) is 0 Å². The summed E-state index contributed by atoms with van der Waals surface area (Å²) >= 11 is 12.2. The summed E-state index contributed by atoms with van der Waals surface area (Å²) < 4.78 is 5.52.